The zero-order valence-electron chi connectivity index (χ0n) is 5.74. The number of hydrogen-bond acceptors (Lipinski definition) is 2. The third kappa shape index (κ3) is 1.41. The Hall–Kier alpha value is -1.16. The van der Waals surface area contributed by atoms with Crippen molar-refractivity contribution < 1.29 is 9.39 Å². The van der Waals surface area contributed by atoms with Crippen molar-refractivity contribution in [3.05, 3.63) is 19.3 Å². The lowest BCUT2D eigenvalue weighted by Gasteiger charge is -2.19. The van der Waals surface area contributed by atoms with Crippen LogP contribution in [0, 0.1) is 6.92 Å². The number of hydrogen-bond donors (Lipinski definition) is 1. The third-order valence-electron chi connectivity index (χ3n) is 1.13. The van der Waals surface area contributed by atoms with Crippen molar-refractivity contribution in [2.24, 2.45) is 4.99 Å². The van der Waals surface area contributed by atoms with Crippen LogP contribution < -0.4 is 5.43 Å². The fourth-order valence-corrected chi connectivity index (χ4v) is 0.727. The Kier molecular flexibility index (Phi) is 1.55. The smallest absolute Gasteiger partial charge is 0.266 e. The predicted octanol–water partition coefficient (Wildman–Crippen LogP) is -0.189. The average Bonchev–Trinajstić information content (AvgIpc) is 2.12. The molecule has 1 atom stereocenters. The summed E-state index contributed by atoms with van der Waals surface area (Å²) in [6.07, 6.45) is 4.96. The summed E-state index contributed by atoms with van der Waals surface area (Å²) in [7, 11) is 1.79. The quantitative estimate of drug-likeness (QED) is 0.503. The molecule has 0 aromatic rings. The Morgan fingerprint density at radius 3 is 2.90 bits per heavy atom. The molecule has 1 amide bonds. The van der Waals surface area contributed by atoms with Gasteiger partial charge in [-0.15, -0.1) is 0 Å². The van der Waals surface area contributed by atoms with Gasteiger partial charge in [-0.3, -0.25) is 4.79 Å². The van der Waals surface area contributed by atoms with Crippen molar-refractivity contribution in [3.8, 4) is 0 Å². The highest BCUT2D eigenvalue weighted by atomic mass is 16.2. The van der Waals surface area contributed by atoms with E-state index < -0.39 is 0 Å². The molecule has 53 valence electrons. The van der Waals surface area contributed by atoms with E-state index in [1.807, 2.05) is 0 Å². The summed E-state index contributed by atoms with van der Waals surface area (Å²) < 4.78 is 0.197. The maximum Gasteiger partial charge on any atom is 0.266 e. The van der Waals surface area contributed by atoms with Crippen LogP contribution in [-0.2, 0) is 4.79 Å². The van der Waals surface area contributed by atoms with Gasteiger partial charge in [0.2, 0.25) is 6.34 Å². The number of nitrogens with zero attached hydrogens (tertiary/aromatic N) is 2. The first-order valence-electron chi connectivity index (χ1n) is 2.84. The van der Waals surface area contributed by atoms with Gasteiger partial charge in [0.15, 0.2) is 0 Å². The maximum atomic E-state index is 10.5. The Balaban J connectivity index is 2.62. The van der Waals surface area contributed by atoms with E-state index in [-0.39, 0.29) is 10.5 Å². The standard InChI is InChI=1S/C6H8N3O/c1-6(10)8-9(2)4-3-7-5-9/h3-5H,1H2,2H3/p+1. The van der Waals surface area contributed by atoms with Crippen LogP contribution in [0.4, 0.5) is 0 Å². The van der Waals surface area contributed by atoms with E-state index in [9.17, 15) is 4.79 Å². The predicted molar refractivity (Wildman–Crippen MR) is 37.3 cm³/mol. The van der Waals surface area contributed by atoms with Gasteiger partial charge in [0.05, 0.1) is 6.20 Å². The molecule has 1 aliphatic heterocycles. The van der Waals surface area contributed by atoms with Gasteiger partial charge in [0.1, 0.15) is 13.2 Å². The molecule has 1 heterocycles. The molecule has 0 aliphatic carbocycles. The van der Waals surface area contributed by atoms with Gasteiger partial charge in [0, 0.05) is 6.92 Å². The summed E-state index contributed by atoms with van der Waals surface area (Å²) in [5.41, 5.74) is 2.57. The lowest BCUT2D eigenvalue weighted by atomic mass is 10.7. The second kappa shape index (κ2) is 2.22. The third-order valence-corrected chi connectivity index (χ3v) is 1.13. The molecule has 0 aromatic heterocycles. The van der Waals surface area contributed by atoms with Crippen LogP contribution in [-0.4, -0.2) is 23.9 Å². The molecule has 4 nitrogen and oxygen atoms in total. The monoisotopic (exact) mass is 139 g/mol. The first-order valence-corrected chi connectivity index (χ1v) is 2.84. The second-order valence-electron chi connectivity index (χ2n) is 2.24. The molecule has 0 saturated heterocycles. The number of nitrogens with one attached hydrogen (secondary N) is 1. The largest absolute Gasteiger partial charge is 0.270 e. The average molecular weight is 139 g/mol. The van der Waals surface area contributed by atoms with Crippen LogP contribution in [0.2, 0.25) is 0 Å². The highest BCUT2D eigenvalue weighted by Gasteiger charge is 2.20. The number of amides is 1. The van der Waals surface area contributed by atoms with Crippen LogP contribution in [0.25, 0.3) is 0 Å². The van der Waals surface area contributed by atoms with Crippen molar-refractivity contribution in [3.63, 3.8) is 0 Å². The Labute approximate surface area is 59.4 Å². The number of aliphatic imine (C=N–C) groups is 1. The first-order chi connectivity index (χ1) is 4.62. The van der Waals surface area contributed by atoms with Crippen LogP contribution >= 0.6 is 0 Å². The molecule has 0 bridgehead atoms. The molecule has 1 radical (unpaired) electrons. The highest BCUT2D eigenvalue weighted by Crippen LogP contribution is 2.00. The minimum atomic E-state index is -0.319. The fourth-order valence-electron chi connectivity index (χ4n) is 0.727. The SMILES string of the molecule is [CH2]C(=O)N[N+]1(C)C=CN=C1. The van der Waals surface area contributed by atoms with Gasteiger partial charge in [0.25, 0.3) is 5.91 Å². The Bertz CT molecular complexity index is 195. The van der Waals surface area contributed by atoms with Crippen LogP contribution in [0.5, 0.6) is 0 Å². The fraction of sp³-hybridized carbons (Fsp3) is 0.167. The van der Waals surface area contributed by atoms with Crippen molar-refractivity contribution in [2.75, 3.05) is 7.05 Å². The van der Waals surface area contributed by atoms with Gasteiger partial charge in [-0.1, -0.05) is 0 Å². The van der Waals surface area contributed by atoms with Crippen molar-refractivity contribution in [1.82, 2.24) is 5.43 Å². The van der Waals surface area contributed by atoms with E-state index >= 15 is 0 Å². The highest BCUT2D eigenvalue weighted by molar-refractivity contribution is 5.79. The lowest BCUT2D eigenvalue weighted by Crippen LogP contribution is -2.50. The molecule has 4 heteroatoms. The number of carbonyl (C=O) groups is 1. The minimum absolute atomic E-state index is 0.197. The lowest BCUT2D eigenvalue weighted by molar-refractivity contribution is -0.795. The van der Waals surface area contributed by atoms with E-state index in [4.69, 9.17) is 0 Å². The normalized spacial score (nSPS) is 29.0. The molecule has 1 unspecified atom stereocenters. The summed E-state index contributed by atoms with van der Waals surface area (Å²) >= 11 is 0. The zero-order valence-corrected chi connectivity index (χ0v) is 5.74. The Morgan fingerprint density at radius 1 is 1.80 bits per heavy atom. The number of carbonyl (C=O) groups excluding carboxylic acids is 1. The molecule has 1 N–H and O–H groups in total. The topological polar surface area (TPSA) is 41.5 Å². The number of rotatable bonds is 1. The molecule has 1 rings (SSSR count). The molecule has 1 aliphatic rings. The first kappa shape index (κ1) is 6.95. The molecular formula is C6H9N3O+. The Morgan fingerprint density at radius 2 is 2.50 bits per heavy atom. The number of quaternary nitrogens is 1. The van der Waals surface area contributed by atoms with E-state index in [1.54, 1.807) is 25.8 Å². The second-order valence-corrected chi connectivity index (χ2v) is 2.24. The summed E-state index contributed by atoms with van der Waals surface area (Å²) in [5, 5.41) is 0. The zero-order chi connectivity index (χ0) is 7.61. The molecule has 0 saturated carbocycles. The molecule has 0 fully saturated rings. The van der Waals surface area contributed by atoms with E-state index in [1.165, 1.54) is 0 Å². The van der Waals surface area contributed by atoms with Gasteiger partial charge >= 0.3 is 0 Å². The summed E-state index contributed by atoms with van der Waals surface area (Å²) in [5.74, 6) is -0.319. The molecule has 10 heavy (non-hydrogen) atoms. The van der Waals surface area contributed by atoms with Gasteiger partial charge in [-0.25, -0.2) is 4.99 Å². The van der Waals surface area contributed by atoms with Crippen LogP contribution in [0.15, 0.2) is 17.4 Å². The molecular weight excluding hydrogens is 130 g/mol. The summed E-state index contributed by atoms with van der Waals surface area (Å²) in [6, 6.07) is 0. The van der Waals surface area contributed by atoms with E-state index in [2.05, 4.69) is 17.3 Å². The summed E-state index contributed by atoms with van der Waals surface area (Å²) in [4.78, 5) is 14.3. The van der Waals surface area contributed by atoms with Crippen LogP contribution in [0.3, 0.4) is 0 Å². The maximum absolute atomic E-state index is 10.5. The molecule has 0 aromatic carbocycles. The van der Waals surface area contributed by atoms with Crippen molar-refractivity contribution in [2.45, 2.75) is 0 Å². The summed E-state index contributed by atoms with van der Waals surface area (Å²) in [6.45, 7) is 3.19. The van der Waals surface area contributed by atoms with E-state index in [0.717, 1.165) is 0 Å². The van der Waals surface area contributed by atoms with Crippen molar-refractivity contribution in [1.29, 1.82) is 0 Å². The van der Waals surface area contributed by atoms with Crippen LogP contribution in [0.1, 0.15) is 0 Å². The van der Waals surface area contributed by atoms with Crippen molar-refractivity contribution >= 4 is 12.2 Å². The van der Waals surface area contributed by atoms with Gasteiger partial charge < -0.3 is 0 Å². The van der Waals surface area contributed by atoms with Gasteiger partial charge in [-0.05, 0) is 0 Å². The van der Waals surface area contributed by atoms with Gasteiger partial charge in [-0.2, -0.15) is 10.0 Å². The molecule has 0 spiro atoms. The minimum Gasteiger partial charge on any atom is -0.270 e. The van der Waals surface area contributed by atoms with E-state index in [0.29, 0.717) is 0 Å².